The van der Waals surface area contributed by atoms with Gasteiger partial charge in [0.1, 0.15) is 0 Å². The van der Waals surface area contributed by atoms with Crippen LogP contribution in [0.15, 0.2) is 0 Å². The van der Waals surface area contributed by atoms with Crippen LogP contribution in [0.4, 0.5) is 0 Å². The van der Waals surface area contributed by atoms with Crippen LogP contribution in [0, 0.1) is 35.5 Å². The van der Waals surface area contributed by atoms with E-state index in [9.17, 15) is 10.2 Å². The lowest BCUT2D eigenvalue weighted by atomic mass is 9.71. The van der Waals surface area contributed by atoms with Gasteiger partial charge in [-0.3, -0.25) is 0 Å². The lowest BCUT2D eigenvalue weighted by Crippen LogP contribution is -2.27. The number of aliphatic hydroxyl groups excluding tert-OH is 2. The molecule has 4 aliphatic carbocycles. The second kappa shape index (κ2) is 1.60. The summed E-state index contributed by atoms with van der Waals surface area (Å²) < 4.78 is 0. The summed E-state index contributed by atoms with van der Waals surface area (Å²) in [5, 5.41) is 19.8. The molecule has 8 atom stereocenters. The summed E-state index contributed by atoms with van der Waals surface area (Å²) in [4.78, 5) is 0. The maximum absolute atomic E-state index is 9.91. The fraction of sp³-hybridized carbons (Fsp3) is 1.00. The van der Waals surface area contributed by atoms with Crippen molar-refractivity contribution in [2.45, 2.75) is 25.0 Å². The van der Waals surface area contributed by atoms with E-state index in [0.29, 0.717) is 35.5 Å². The van der Waals surface area contributed by atoms with Gasteiger partial charge in [-0.05, 0) is 48.3 Å². The van der Waals surface area contributed by atoms with Gasteiger partial charge in [-0.2, -0.15) is 0 Å². The minimum absolute atomic E-state index is 0.0489. The molecule has 0 spiro atoms. The standard InChI is InChI=1S/C10H14O2/c11-9-5-1-3-6-2-4(5)8(7(3)9)10(6)12/h3-12H,1-2H2/t3-,4+,5-,6-,7-,8-,9+,10+/m0/s1. The zero-order valence-electron chi connectivity index (χ0n) is 6.93. The molecule has 4 fully saturated rings. The highest BCUT2D eigenvalue weighted by Crippen LogP contribution is 2.72. The van der Waals surface area contributed by atoms with E-state index >= 15 is 0 Å². The normalized spacial score (nSPS) is 76.5. The topological polar surface area (TPSA) is 40.5 Å². The van der Waals surface area contributed by atoms with E-state index < -0.39 is 0 Å². The monoisotopic (exact) mass is 166 g/mol. The number of rotatable bonds is 0. The molecule has 0 amide bonds. The first kappa shape index (κ1) is 6.39. The first-order valence-corrected chi connectivity index (χ1v) is 5.15. The van der Waals surface area contributed by atoms with Gasteiger partial charge in [-0.25, -0.2) is 0 Å². The molecule has 2 heteroatoms. The zero-order valence-corrected chi connectivity index (χ0v) is 6.93. The molecule has 2 N–H and O–H groups in total. The van der Waals surface area contributed by atoms with Gasteiger partial charge in [-0.15, -0.1) is 0 Å². The largest absolute Gasteiger partial charge is 0.393 e. The number of fused-ring (bicyclic) bond motifs is 4. The van der Waals surface area contributed by atoms with Gasteiger partial charge in [0.2, 0.25) is 0 Å². The third-order valence-corrected chi connectivity index (χ3v) is 5.29. The van der Waals surface area contributed by atoms with Crippen LogP contribution in [0.25, 0.3) is 0 Å². The number of hydrogen-bond acceptors (Lipinski definition) is 2. The molecule has 4 bridgehead atoms. The van der Waals surface area contributed by atoms with Crippen LogP contribution in [0.2, 0.25) is 0 Å². The molecule has 0 unspecified atom stereocenters. The van der Waals surface area contributed by atoms with Crippen LogP contribution >= 0.6 is 0 Å². The Morgan fingerprint density at radius 3 is 1.42 bits per heavy atom. The Hall–Kier alpha value is -0.0800. The fourth-order valence-corrected chi connectivity index (χ4v) is 5.10. The molecule has 0 heterocycles. The second-order valence-corrected chi connectivity index (χ2v) is 5.26. The Morgan fingerprint density at radius 2 is 1.08 bits per heavy atom. The van der Waals surface area contributed by atoms with Crippen LogP contribution in [0.3, 0.4) is 0 Å². The second-order valence-electron chi connectivity index (χ2n) is 5.26. The minimum atomic E-state index is -0.0489. The van der Waals surface area contributed by atoms with Crippen molar-refractivity contribution in [1.29, 1.82) is 0 Å². The van der Waals surface area contributed by atoms with Crippen molar-refractivity contribution in [1.82, 2.24) is 0 Å². The molecule has 4 aliphatic rings. The minimum Gasteiger partial charge on any atom is -0.393 e. The first-order chi connectivity index (χ1) is 5.79. The van der Waals surface area contributed by atoms with E-state index in [1.54, 1.807) is 0 Å². The van der Waals surface area contributed by atoms with Crippen molar-refractivity contribution in [2.24, 2.45) is 35.5 Å². The Balaban J connectivity index is 1.92. The van der Waals surface area contributed by atoms with Crippen molar-refractivity contribution < 1.29 is 10.2 Å². The van der Waals surface area contributed by atoms with Crippen molar-refractivity contribution in [3.8, 4) is 0 Å². The summed E-state index contributed by atoms with van der Waals surface area (Å²) in [7, 11) is 0. The van der Waals surface area contributed by atoms with Crippen molar-refractivity contribution >= 4 is 0 Å². The summed E-state index contributed by atoms with van der Waals surface area (Å²) in [6.45, 7) is 0. The molecule has 0 radical (unpaired) electrons. The van der Waals surface area contributed by atoms with Crippen molar-refractivity contribution in [2.75, 3.05) is 0 Å². The molecule has 0 aromatic carbocycles. The van der Waals surface area contributed by atoms with Gasteiger partial charge in [-0.1, -0.05) is 0 Å². The molecule has 66 valence electrons. The van der Waals surface area contributed by atoms with Gasteiger partial charge in [0.15, 0.2) is 0 Å². The molecule has 0 saturated heterocycles. The van der Waals surface area contributed by atoms with E-state index in [1.165, 1.54) is 12.8 Å². The molecule has 0 aromatic rings. The van der Waals surface area contributed by atoms with Gasteiger partial charge in [0, 0.05) is 0 Å². The van der Waals surface area contributed by atoms with Gasteiger partial charge < -0.3 is 10.2 Å². The van der Waals surface area contributed by atoms with Gasteiger partial charge in [0.05, 0.1) is 12.2 Å². The highest BCUT2D eigenvalue weighted by atomic mass is 16.3. The predicted molar refractivity (Wildman–Crippen MR) is 42.2 cm³/mol. The third-order valence-electron chi connectivity index (χ3n) is 5.29. The zero-order chi connectivity index (χ0) is 8.03. The molecule has 0 aliphatic heterocycles. The van der Waals surface area contributed by atoms with E-state index in [2.05, 4.69) is 0 Å². The molecule has 4 rings (SSSR count). The summed E-state index contributed by atoms with van der Waals surface area (Å²) >= 11 is 0. The quantitative estimate of drug-likeness (QED) is 0.541. The van der Waals surface area contributed by atoms with E-state index in [1.807, 2.05) is 0 Å². The van der Waals surface area contributed by atoms with Crippen molar-refractivity contribution in [3.05, 3.63) is 0 Å². The Bertz CT molecular complexity index is 226. The Kier molecular flexibility index (Phi) is 0.851. The molecule has 4 saturated carbocycles. The highest BCUT2D eigenvalue weighted by molar-refractivity contribution is 5.20. The van der Waals surface area contributed by atoms with Crippen LogP contribution in [-0.2, 0) is 0 Å². The van der Waals surface area contributed by atoms with Crippen molar-refractivity contribution in [3.63, 3.8) is 0 Å². The average Bonchev–Trinajstić information content (AvgIpc) is 2.68. The number of hydrogen-bond donors (Lipinski definition) is 2. The Labute approximate surface area is 71.6 Å². The van der Waals surface area contributed by atoms with E-state index in [-0.39, 0.29) is 12.2 Å². The highest BCUT2D eigenvalue weighted by Gasteiger charge is 2.72. The molecule has 2 nitrogen and oxygen atoms in total. The number of aliphatic hydroxyl groups is 2. The lowest BCUT2D eigenvalue weighted by Gasteiger charge is -2.33. The van der Waals surface area contributed by atoms with E-state index in [4.69, 9.17) is 0 Å². The third kappa shape index (κ3) is 0.409. The lowest BCUT2D eigenvalue weighted by molar-refractivity contribution is 0.0944. The molecule has 0 aromatic heterocycles. The van der Waals surface area contributed by atoms with Gasteiger partial charge >= 0.3 is 0 Å². The molecular formula is C10H14O2. The van der Waals surface area contributed by atoms with Gasteiger partial charge in [0.25, 0.3) is 0 Å². The summed E-state index contributed by atoms with van der Waals surface area (Å²) in [5.41, 5.74) is 0. The van der Waals surface area contributed by atoms with Crippen LogP contribution in [-0.4, -0.2) is 22.4 Å². The van der Waals surface area contributed by atoms with Crippen LogP contribution < -0.4 is 0 Å². The smallest absolute Gasteiger partial charge is 0.0605 e. The Morgan fingerprint density at radius 1 is 0.667 bits per heavy atom. The summed E-state index contributed by atoms with van der Waals surface area (Å²) in [6.07, 6.45) is 2.34. The fourth-order valence-electron chi connectivity index (χ4n) is 5.10. The first-order valence-electron chi connectivity index (χ1n) is 5.15. The SMILES string of the molecule is O[C@@H]1[C@H]2C[C@@H]3[C@@H]4C[C@@H]2[C@H]([C@@H]4O)[C@@H]13. The predicted octanol–water partition coefficient (Wildman–Crippen LogP) is 0.240. The summed E-state index contributed by atoms with van der Waals surface area (Å²) in [6, 6.07) is 0. The summed E-state index contributed by atoms with van der Waals surface area (Å²) in [5.74, 6) is 3.50. The molecular weight excluding hydrogens is 152 g/mol. The van der Waals surface area contributed by atoms with Crippen LogP contribution in [0.1, 0.15) is 12.8 Å². The maximum Gasteiger partial charge on any atom is 0.0605 e. The molecule has 12 heavy (non-hydrogen) atoms. The maximum atomic E-state index is 9.91. The van der Waals surface area contributed by atoms with Crippen LogP contribution in [0.5, 0.6) is 0 Å². The van der Waals surface area contributed by atoms with E-state index in [0.717, 1.165) is 0 Å². The average molecular weight is 166 g/mol.